The molecule has 0 fully saturated rings. The summed E-state index contributed by atoms with van der Waals surface area (Å²) in [7, 11) is 1.70. The van der Waals surface area contributed by atoms with Gasteiger partial charge in [0.2, 0.25) is 0 Å². The van der Waals surface area contributed by atoms with E-state index in [-0.39, 0.29) is 6.04 Å². The average Bonchev–Trinajstić information content (AvgIpc) is 2.78. The third kappa shape index (κ3) is 2.14. The Morgan fingerprint density at radius 1 is 1.31 bits per heavy atom. The highest BCUT2D eigenvalue weighted by molar-refractivity contribution is 5.20. The number of ether oxygens (including phenoxy) is 1. The third-order valence-electron chi connectivity index (χ3n) is 2.74. The van der Waals surface area contributed by atoms with Gasteiger partial charge in [0, 0.05) is 7.11 Å². The number of imidazole rings is 1. The predicted molar refractivity (Wildman–Crippen MR) is 63.2 cm³/mol. The largest absolute Gasteiger partial charge is 0.378 e. The Kier molecular flexibility index (Phi) is 3.37. The zero-order valence-electron chi connectivity index (χ0n) is 9.63. The molecule has 0 amide bonds. The molecule has 0 spiro atoms. The molecule has 3 nitrogen and oxygen atoms in total. The van der Waals surface area contributed by atoms with Crippen molar-refractivity contribution in [2.75, 3.05) is 7.11 Å². The molecule has 84 valence electrons. The average molecular weight is 216 g/mol. The van der Waals surface area contributed by atoms with Gasteiger partial charge in [-0.1, -0.05) is 30.3 Å². The second-order valence-corrected chi connectivity index (χ2v) is 3.81. The molecule has 1 aromatic carbocycles. The van der Waals surface area contributed by atoms with Crippen molar-refractivity contribution in [3.05, 3.63) is 54.1 Å². The maximum Gasteiger partial charge on any atom is 0.0954 e. The van der Waals surface area contributed by atoms with E-state index in [1.807, 2.05) is 18.6 Å². The Balaban J connectivity index is 2.27. The lowest BCUT2D eigenvalue weighted by atomic mass is 10.1. The topological polar surface area (TPSA) is 27.1 Å². The van der Waals surface area contributed by atoms with Crippen molar-refractivity contribution in [3.63, 3.8) is 0 Å². The van der Waals surface area contributed by atoms with E-state index in [4.69, 9.17) is 4.74 Å². The van der Waals surface area contributed by atoms with Gasteiger partial charge in [0.1, 0.15) is 0 Å². The maximum absolute atomic E-state index is 5.15. The first-order valence-electron chi connectivity index (χ1n) is 5.37. The summed E-state index contributed by atoms with van der Waals surface area (Å²) in [5, 5.41) is 0. The summed E-state index contributed by atoms with van der Waals surface area (Å²) < 4.78 is 7.29. The zero-order valence-corrected chi connectivity index (χ0v) is 9.63. The summed E-state index contributed by atoms with van der Waals surface area (Å²) in [6, 6.07) is 10.7. The van der Waals surface area contributed by atoms with E-state index in [1.54, 1.807) is 7.11 Å². The second-order valence-electron chi connectivity index (χ2n) is 3.81. The van der Waals surface area contributed by atoms with Crippen molar-refractivity contribution < 1.29 is 4.74 Å². The van der Waals surface area contributed by atoms with E-state index >= 15 is 0 Å². The molecule has 0 saturated heterocycles. The molecule has 16 heavy (non-hydrogen) atoms. The molecule has 0 aliphatic heterocycles. The minimum atomic E-state index is 0.286. The molecule has 2 aromatic rings. The van der Waals surface area contributed by atoms with Crippen LogP contribution in [-0.4, -0.2) is 16.7 Å². The molecule has 0 N–H and O–H groups in total. The SMILES string of the molecule is COCc1cncn1C(C)c1ccccc1. The van der Waals surface area contributed by atoms with Gasteiger partial charge < -0.3 is 9.30 Å². The molecule has 0 radical (unpaired) electrons. The van der Waals surface area contributed by atoms with Crippen LogP contribution in [0.4, 0.5) is 0 Å². The van der Waals surface area contributed by atoms with E-state index in [1.165, 1.54) is 5.56 Å². The van der Waals surface area contributed by atoms with Gasteiger partial charge in [0.25, 0.3) is 0 Å². The Morgan fingerprint density at radius 2 is 2.06 bits per heavy atom. The van der Waals surface area contributed by atoms with Crippen LogP contribution in [0.2, 0.25) is 0 Å². The van der Waals surface area contributed by atoms with Crippen LogP contribution < -0.4 is 0 Å². The van der Waals surface area contributed by atoms with E-state index in [0.29, 0.717) is 6.61 Å². The number of nitrogens with zero attached hydrogens (tertiary/aromatic N) is 2. The van der Waals surface area contributed by atoms with E-state index in [9.17, 15) is 0 Å². The van der Waals surface area contributed by atoms with Crippen LogP contribution in [0.1, 0.15) is 24.2 Å². The van der Waals surface area contributed by atoms with E-state index < -0.39 is 0 Å². The van der Waals surface area contributed by atoms with Gasteiger partial charge in [0.15, 0.2) is 0 Å². The number of aromatic nitrogens is 2. The van der Waals surface area contributed by atoms with Gasteiger partial charge in [-0.15, -0.1) is 0 Å². The molecule has 1 heterocycles. The summed E-state index contributed by atoms with van der Waals surface area (Å²) >= 11 is 0. The van der Waals surface area contributed by atoms with Crippen LogP contribution in [-0.2, 0) is 11.3 Å². The quantitative estimate of drug-likeness (QED) is 0.785. The van der Waals surface area contributed by atoms with Crippen LogP contribution in [0.5, 0.6) is 0 Å². The lowest BCUT2D eigenvalue weighted by molar-refractivity contribution is 0.177. The summed E-state index contributed by atoms with van der Waals surface area (Å²) in [6.45, 7) is 2.76. The first-order chi connectivity index (χ1) is 7.83. The molecular formula is C13H16N2O. The number of benzene rings is 1. The Labute approximate surface area is 95.7 Å². The highest BCUT2D eigenvalue weighted by atomic mass is 16.5. The first-order valence-corrected chi connectivity index (χ1v) is 5.37. The van der Waals surface area contributed by atoms with Crippen LogP contribution in [0.15, 0.2) is 42.9 Å². The van der Waals surface area contributed by atoms with Crippen LogP contribution in [0.3, 0.4) is 0 Å². The van der Waals surface area contributed by atoms with Crippen LogP contribution in [0, 0.1) is 0 Å². The summed E-state index contributed by atoms with van der Waals surface area (Å²) in [6.07, 6.45) is 3.70. The van der Waals surface area contributed by atoms with Gasteiger partial charge in [-0.3, -0.25) is 0 Å². The molecule has 0 bridgehead atoms. The molecule has 1 atom stereocenters. The zero-order chi connectivity index (χ0) is 11.4. The molecule has 1 aromatic heterocycles. The van der Waals surface area contributed by atoms with Gasteiger partial charge in [0.05, 0.1) is 30.9 Å². The van der Waals surface area contributed by atoms with Crippen molar-refractivity contribution in [3.8, 4) is 0 Å². The molecule has 0 aliphatic carbocycles. The van der Waals surface area contributed by atoms with Crippen molar-refractivity contribution in [2.24, 2.45) is 0 Å². The van der Waals surface area contributed by atoms with Gasteiger partial charge in [-0.2, -0.15) is 0 Å². The maximum atomic E-state index is 5.15. The van der Waals surface area contributed by atoms with E-state index in [2.05, 4.69) is 40.7 Å². The van der Waals surface area contributed by atoms with Gasteiger partial charge in [-0.05, 0) is 12.5 Å². The van der Waals surface area contributed by atoms with Gasteiger partial charge >= 0.3 is 0 Å². The fourth-order valence-corrected chi connectivity index (χ4v) is 1.83. The fraction of sp³-hybridized carbons (Fsp3) is 0.308. The van der Waals surface area contributed by atoms with E-state index in [0.717, 1.165) is 5.69 Å². The summed E-state index contributed by atoms with van der Waals surface area (Å²) in [5.41, 5.74) is 2.37. The second kappa shape index (κ2) is 4.94. The van der Waals surface area contributed by atoms with Crippen molar-refractivity contribution >= 4 is 0 Å². The molecule has 3 heteroatoms. The molecule has 1 unspecified atom stereocenters. The summed E-state index contributed by atoms with van der Waals surface area (Å²) in [4.78, 5) is 4.17. The minimum absolute atomic E-state index is 0.286. The molecular weight excluding hydrogens is 200 g/mol. The summed E-state index contributed by atoms with van der Waals surface area (Å²) in [5.74, 6) is 0. The highest BCUT2D eigenvalue weighted by Crippen LogP contribution is 2.19. The fourth-order valence-electron chi connectivity index (χ4n) is 1.83. The van der Waals surface area contributed by atoms with Gasteiger partial charge in [-0.25, -0.2) is 4.98 Å². The lowest BCUT2D eigenvalue weighted by Crippen LogP contribution is -2.09. The van der Waals surface area contributed by atoms with Crippen LogP contribution >= 0.6 is 0 Å². The van der Waals surface area contributed by atoms with Crippen molar-refractivity contribution in [1.82, 2.24) is 9.55 Å². The standard InChI is InChI=1S/C13H16N2O/c1-11(12-6-4-3-5-7-12)15-10-14-8-13(15)9-16-2/h3-8,10-11H,9H2,1-2H3. The Morgan fingerprint density at radius 3 is 2.75 bits per heavy atom. The van der Waals surface area contributed by atoms with Crippen molar-refractivity contribution in [2.45, 2.75) is 19.6 Å². The first kappa shape index (κ1) is 10.9. The number of rotatable bonds is 4. The molecule has 0 saturated carbocycles. The molecule has 2 rings (SSSR count). The Bertz CT molecular complexity index is 436. The van der Waals surface area contributed by atoms with Crippen LogP contribution in [0.25, 0.3) is 0 Å². The monoisotopic (exact) mass is 216 g/mol. The highest BCUT2D eigenvalue weighted by Gasteiger charge is 2.10. The normalized spacial score (nSPS) is 12.6. The Hall–Kier alpha value is -1.61. The van der Waals surface area contributed by atoms with Crippen molar-refractivity contribution in [1.29, 1.82) is 0 Å². The third-order valence-corrected chi connectivity index (χ3v) is 2.74. The lowest BCUT2D eigenvalue weighted by Gasteiger charge is -2.16. The number of hydrogen-bond donors (Lipinski definition) is 0. The molecule has 0 aliphatic rings. The smallest absolute Gasteiger partial charge is 0.0954 e. The number of methoxy groups -OCH3 is 1. The predicted octanol–water partition coefficient (Wildman–Crippen LogP) is 2.64. The minimum Gasteiger partial charge on any atom is -0.378 e. The number of hydrogen-bond acceptors (Lipinski definition) is 2.